The summed E-state index contributed by atoms with van der Waals surface area (Å²) in [5.74, 6) is 0.197. The molecule has 2 atom stereocenters. The number of carbonyl (C=O) groups is 1. The van der Waals surface area contributed by atoms with Gasteiger partial charge in [-0.05, 0) is 30.2 Å². The zero-order valence-electron chi connectivity index (χ0n) is 15.2. The molecule has 2 fully saturated rings. The summed E-state index contributed by atoms with van der Waals surface area (Å²) in [5, 5.41) is 0. The number of hydrogen-bond donors (Lipinski definition) is 2. The molecule has 2 heterocycles. The highest BCUT2D eigenvalue weighted by Gasteiger charge is 2.37. The second-order valence-corrected chi connectivity index (χ2v) is 7.17. The van der Waals surface area contributed by atoms with Crippen molar-refractivity contribution in [2.75, 3.05) is 37.6 Å². The summed E-state index contributed by atoms with van der Waals surface area (Å²) in [6.45, 7) is 6.14. The molecule has 26 heavy (non-hydrogen) atoms. The fraction of sp³-hybridized carbons (Fsp3) is 0.381. The number of carbonyl (C=O) groups excluding carboxylic acids is 1. The SMILES string of the molecule is Cc1cccc(N2CCN(C(=O)C3CNNC3c3ccccc3)CC2)c1. The van der Waals surface area contributed by atoms with Crippen LogP contribution in [0.25, 0.3) is 0 Å². The molecular weight excluding hydrogens is 324 g/mol. The minimum atomic E-state index is -0.0529. The van der Waals surface area contributed by atoms with Gasteiger partial charge in [0.2, 0.25) is 5.91 Å². The molecule has 2 N–H and O–H groups in total. The van der Waals surface area contributed by atoms with E-state index in [1.807, 2.05) is 23.1 Å². The van der Waals surface area contributed by atoms with E-state index < -0.39 is 0 Å². The Bertz CT molecular complexity index is 756. The van der Waals surface area contributed by atoms with Crippen LogP contribution in [0.3, 0.4) is 0 Å². The smallest absolute Gasteiger partial charge is 0.229 e. The molecular formula is C21H26N4O. The zero-order chi connectivity index (χ0) is 17.9. The number of piperazine rings is 1. The van der Waals surface area contributed by atoms with Crippen LogP contribution in [0, 0.1) is 12.8 Å². The van der Waals surface area contributed by atoms with E-state index >= 15 is 0 Å². The van der Waals surface area contributed by atoms with Crippen molar-refractivity contribution in [3.63, 3.8) is 0 Å². The topological polar surface area (TPSA) is 47.6 Å². The van der Waals surface area contributed by atoms with Gasteiger partial charge in [-0.3, -0.25) is 10.2 Å². The van der Waals surface area contributed by atoms with E-state index in [0.29, 0.717) is 6.54 Å². The number of amides is 1. The van der Waals surface area contributed by atoms with E-state index in [1.54, 1.807) is 0 Å². The summed E-state index contributed by atoms with van der Waals surface area (Å²) < 4.78 is 0. The second kappa shape index (κ2) is 7.48. The Morgan fingerprint density at radius 3 is 2.50 bits per heavy atom. The fourth-order valence-corrected chi connectivity index (χ4v) is 3.95. The lowest BCUT2D eigenvalue weighted by atomic mass is 9.93. The van der Waals surface area contributed by atoms with Gasteiger partial charge in [-0.2, -0.15) is 0 Å². The van der Waals surface area contributed by atoms with Crippen LogP contribution in [0.4, 0.5) is 5.69 Å². The van der Waals surface area contributed by atoms with Gasteiger partial charge in [-0.15, -0.1) is 0 Å². The van der Waals surface area contributed by atoms with Crippen LogP contribution in [0.5, 0.6) is 0 Å². The van der Waals surface area contributed by atoms with Crippen LogP contribution < -0.4 is 15.8 Å². The van der Waals surface area contributed by atoms with Crippen molar-refractivity contribution in [1.29, 1.82) is 0 Å². The molecule has 0 saturated carbocycles. The van der Waals surface area contributed by atoms with Crippen LogP contribution in [-0.4, -0.2) is 43.5 Å². The average molecular weight is 350 g/mol. The Morgan fingerprint density at radius 1 is 1.00 bits per heavy atom. The number of anilines is 1. The predicted octanol–water partition coefficient (Wildman–Crippen LogP) is 2.11. The molecule has 2 saturated heterocycles. The number of hydrazine groups is 1. The lowest BCUT2D eigenvalue weighted by Gasteiger charge is -2.37. The van der Waals surface area contributed by atoms with Gasteiger partial charge < -0.3 is 9.80 Å². The lowest BCUT2D eigenvalue weighted by molar-refractivity contribution is -0.135. The largest absolute Gasteiger partial charge is 0.368 e. The Hall–Kier alpha value is -2.37. The molecule has 0 radical (unpaired) electrons. The standard InChI is InChI=1S/C21H26N4O/c1-16-6-5-9-18(14-16)24-10-12-25(13-11-24)21(26)19-15-22-23-20(19)17-7-3-2-4-8-17/h2-9,14,19-20,22-23H,10-13,15H2,1H3. The number of aryl methyl sites for hydroxylation is 1. The van der Waals surface area contributed by atoms with Crippen molar-refractivity contribution in [2.24, 2.45) is 5.92 Å². The highest BCUT2D eigenvalue weighted by atomic mass is 16.2. The fourth-order valence-electron chi connectivity index (χ4n) is 3.95. The Labute approximate surface area is 155 Å². The third kappa shape index (κ3) is 3.45. The van der Waals surface area contributed by atoms with E-state index in [4.69, 9.17) is 0 Å². The van der Waals surface area contributed by atoms with Crippen molar-refractivity contribution in [3.8, 4) is 0 Å². The number of nitrogens with one attached hydrogen (secondary N) is 2. The Morgan fingerprint density at radius 2 is 1.77 bits per heavy atom. The van der Waals surface area contributed by atoms with Crippen molar-refractivity contribution in [2.45, 2.75) is 13.0 Å². The number of benzene rings is 2. The first-order valence-corrected chi connectivity index (χ1v) is 9.36. The van der Waals surface area contributed by atoms with Crippen LogP contribution in [0.1, 0.15) is 17.2 Å². The van der Waals surface area contributed by atoms with Gasteiger partial charge in [0.05, 0.1) is 12.0 Å². The first kappa shape index (κ1) is 17.1. The van der Waals surface area contributed by atoms with Crippen molar-refractivity contribution >= 4 is 11.6 Å². The Balaban J connectivity index is 1.40. The highest BCUT2D eigenvalue weighted by molar-refractivity contribution is 5.80. The molecule has 1 amide bonds. The van der Waals surface area contributed by atoms with Crippen molar-refractivity contribution in [1.82, 2.24) is 15.8 Å². The Kier molecular flexibility index (Phi) is 4.91. The lowest BCUT2D eigenvalue weighted by Crippen LogP contribution is -2.51. The van der Waals surface area contributed by atoms with Gasteiger partial charge in [-0.25, -0.2) is 5.43 Å². The van der Waals surface area contributed by atoms with Crippen LogP contribution in [-0.2, 0) is 4.79 Å². The quantitative estimate of drug-likeness (QED) is 0.890. The molecule has 0 bridgehead atoms. The maximum atomic E-state index is 13.1. The molecule has 2 unspecified atom stereocenters. The molecule has 2 aliphatic rings. The summed E-state index contributed by atoms with van der Waals surface area (Å²) in [6, 6.07) is 18.9. The molecule has 2 aromatic rings. The summed E-state index contributed by atoms with van der Waals surface area (Å²) in [7, 11) is 0. The minimum absolute atomic E-state index is 0.0403. The normalized spacial score (nSPS) is 23.3. The molecule has 4 rings (SSSR count). The van der Waals surface area contributed by atoms with E-state index in [-0.39, 0.29) is 17.9 Å². The molecule has 5 heteroatoms. The second-order valence-electron chi connectivity index (χ2n) is 7.17. The third-order valence-electron chi connectivity index (χ3n) is 5.42. The van der Waals surface area contributed by atoms with E-state index in [1.165, 1.54) is 11.3 Å². The number of rotatable bonds is 3. The predicted molar refractivity (Wildman–Crippen MR) is 104 cm³/mol. The third-order valence-corrected chi connectivity index (χ3v) is 5.42. The molecule has 0 aliphatic carbocycles. The maximum absolute atomic E-state index is 13.1. The van der Waals surface area contributed by atoms with Gasteiger partial charge >= 0.3 is 0 Å². The first-order valence-electron chi connectivity index (χ1n) is 9.36. The van der Waals surface area contributed by atoms with Crippen LogP contribution in [0.2, 0.25) is 0 Å². The highest BCUT2D eigenvalue weighted by Crippen LogP contribution is 2.27. The van der Waals surface area contributed by atoms with E-state index in [2.05, 4.69) is 59.1 Å². The average Bonchev–Trinajstić information content (AvgIpc) is 3.18. The van der Waals surface area contributed by atoms with Crippen LogP contribution in [0.15, 0.2) is 54.6 Å². The summed E-state index contributed by atoms with van der Waals surface area (Å²) in [6.07, 6.45) is 0. The van der Waals surface area contributed by atoms with Gasteiger partial charge in [0.25, 0.3) is 0 Å². The van der Waals surface area contributed by atoms with E-state index in [9.17, 15) is 4.79 Å². The molecule has 2 aromatic carbocycles. The van der Waals surface area contributed by atoms with Gasteiger partial charge in [0.1, 0.15) is 0 Å². The molecule has 5 nitrogen and oxygen atoms in total. The zero-order valence-corrected chi connectivity index (χ0v) is 15.2. The maximum Gasteiger partial charge on any atom is 0.229 e. The molecule has 2 aliphatic heterocycles. The molecule has 0 aromatic heterocycles. The first-order chi connectivity index (χ1) is 12.7. The number of hydrogen-bond acceptors (Lipinski definition) is 4. The van der Waals surface area contributed by atoms with Gasteiger partial charge in [0.15, 0.2) is 0 Å². The monoisotopic (exact) mass is 350 g/mol. The van der Waals surface area contributed by atoms with Gasteiger partial charge in [-0.1, -0.05) is 42.5 Å². The summed E-state index contributed by atoms with van der Waals surface area (Å²) >= 11 is 0. The van der Waals surface area contributed by atoms with Gasteiger partial charge in [0, 0.05) is 38.4 Å². The van der Waals surface area contributed by atoms with Crippen molar-refractivity contribution in [3.05, 3.63) is 65.7 Å². The van der Waals surface area contributed by atoms with Crippen molar-refractivity contribution < 1.29 is 4.79 Å². The molecule has 136 valence electrons. The number of nitrogens with zero attached hydrogens (tertiary/aromatic N) is 2. The van der Waals surface area contributed by atoms with Crippen LogP contribution >= 0.6 is 0 Å². The summed E-state index contributed by atoms with van der Waals surface area (Å²) in [5.41, 5.74) is 10.1. The summed E-state index contributed by atoms with van der Waals surface area (Å²) in [4.78, 5) is 17.5. The van der Waals surface area contributed by atoms with E-state index in [0.717, 1.165) is 31.7 Å². The molecule has 0 spiro atoms. The minimum Gasteiger partial charge on any atom is -0.368 e.